The SMILES string of the molecule is CC(C)(C)[S+]([O-])N1C(C=O)C[C@H]1c1ccccc1. The van der Waals surface area contributed by atoms with Crippen LogP contribution in [0.5, 0.6) is 0 Å². The Morgan fingerprint density at radius 1 is 1.33 bits per heavy atom. The average molecular weight is 265 g/mol. The Kier molecular flexibility index (Phi) is 3.80. The summed E-state index contributed by atoms with van der Waals surface area (Å²) < 4.78 is 14.0. The predicted octanol–water partition coefficient (Wildman–Crippen LogP) is 2.46. The molecule has 1 aliphatic rings. The largest absolute Gasteiger partial charge is 0.597 e. The Bertz CT molecular complexity index is 416. The summed E-state index contributed by atoms with van der Waals surface area (Å²) in [6, 6.07) is 9.85. The maximum atomic E-state index is 12.5. The van der Waals surface area contributed by atoms with Crippen LogP contribution >= 0.6 is 0 Å². The lowest BCUT2D eigenvalue weighted by molar-refractivity contribution is -0.115. The fraction of sp³-hybridized carbons (Fsp3) is 0.500. The Balaban J connectivity index is 2.21. The molecule has 0 bridgehead atoms. The number of rotatable bonds is 3. The van der Waals surface area contributed by atoms with Gasteiger partial charge in [0.1, 0.15) is 17.1 Å². The van der Waals surface area contributed by atoms with Gasteiger partial charge < -0.3 is 9.35 Å². The molecule has 98 valence electrons. The van der Waals surface area contributed by atoms with Gasteiger partial charge in [-0.25, -0.2) is 0 Å². The molecule has 1 aromatic rings. The van der Waals surface area contributed by atoms with Crippen molar-refractivity contribution in [2.75, 3.05) is 0 Å². The highest BCUT2D eigenvalue weighted by molar-refractivity contribution is 7.90. The molecule has 0 radical (unpaired) electrons. The Hall–Kier alpha value is -0.840. The van der Waals surface area contributed by atoms with Gasteiger partial charge in [0.25, 0.3) is 0 Å². The quantitative estimate of drug-likeness (QED) is 0.623. The molecule has 1 saturated heterocycles. The highest BCUT2D eigenvalue weighted by Gasteiger charge is 2.50. The first kappa shape index (κ1) is 13.6. The molecule has 3 nitrogen and oxygen atoms in total. The lowest BCUT2D eigenvalue weighted by atomic mass is 9.91. The summed E-state index contributed by atoms with van der Waals surface area (Å²) in [6.45, 7) is 5.81. The third kappa shape index (κ3) is 2.46. The van der Waals surface area contributed by atoms with Gasteiger partial charge in [0.05, 0.1) is 6.04 Å². The molecule has 0 amide bonds. The van der Waals surface area contributed by atoms with Gasteiger partial charge in [-0.3, -0.25) is 0 Å². The van der Waals surface area contributed by atoms with Gasteiger partial charge in [-0.2, -0.15) is 0 Å². The fourth-order valence-corrected chi connectivity index (χ4v) is 3.61. The lowest BCUT2D eigenvalue weighted by Gasteiger charge is -2.47. The van der Waals surface area contributed by atoms with Crippen LogP contribution in [0, 0.1) is 0 Å². The predicted molar refractivity (Wildman–Crippen MR) is 73.4 cm³/mol. The summed E-state index contributed by atoms with van der Waals surface area (Å²) in [4.78, 5) is 11.0. The molecule has 0 aliphatic carbocycles. The second-order valence-corrected chi connectivity index (χ2v) is 7.73. The van der Waals surface area contributed by atoms with Crippen LogP contribution in [0.4, 0.5) is 0 Å². The van der Waals surface area contributed by atoms with Crippen LogP contribution in [0.2, 0.25) is 0 Å². The molecule has 0 saturated carbocycles. The summed E-state index contributed by atoms with van der Waals surface area (Å²) in [5, 5.41) is 0. The Morgan fingerprint density at radius 3 is 2.44 bits per heavy atom. The monoisotopic (exact) mass is 265 g/mol. The minimum absolute atomic E-state index is 0.0986. The van der Waals surface area contributed by atoms with Crippen LogP contribution in [0.15, 0.2) is 30.3 Å². The molecule has 18 heavy (non-hydrogen) atoms. The third-order valence-corrected chi connectivity index (χ3v) is 5.11. The summed E-state index contributed by atoms with van der Waals surface area (Å²) in [5.41, 5.74) is 1.13. The van der Waals surface area contributed by atoms with Crippen LogP contribution in [0.3, 0.4) is 0 Å². The lowest BCUT2D eigenvalue weighted by Crippen LogP contribution is -2.58. The molecule has 1 aliphatic heterocycles. The smallest absolute Gasteiger partial charge is 0.141 e. The maximum absolute atomic E-state index is 12.5. The second-order valence-electron chi connectivity index (χ2n) is 5.59. The van der Waals surface area contributed by atoms with E-state index in [1.54, 1.807) is 0 Å². The van der Waals surface area contributed by atoms with E-state index in [9.17, 15) is 9.35 Å². The van der Waals surface area contributed by atoms with Gasteiger partial charge in [0, 0.05) is 11.4 Å². The Morgan fingerprint density at radius 2 is 1.94 bits per heavy atom. The molecule has 0 aromatic heterocycles. The van der Waals surface area contributed by atoms with Crippen molar-refractivity contribution in [3.63, 3.8) is 0 Å². The van der Waals surface area contributed by atoms with E-state index in [0.29, 0.717) is 0 Å². The van der Waals surface area contributed by atoms with Gasteiger partial charge in [-0.1, -0.05) is 30.3 Å². The van der Waals surface area contributed by atoms with Gasteiger partial charge in [0.15, 0.2) is 0 Å². The zero-order valence-corrected chi connectivity index (χ0v) is 11.8. The number of aldehydes is 1. The molecular formula is C14H19NO2S. The Labute approximate surface area is 111 Å². The van der Waals surface area contributed by atoms with Crippen molar-refractivity contribution in [2.45, 2.75) is 44.0 Å². The van der Waals surface area contributed by atoms with Gasteiger partial charge in [-0.15, -0.1) is 4.31 Å². The highest BCUT2D eigenvalue weighted by atomic mass is 32.2. The first-order valence-corrected chi connectivity index (χ1v) is 7.26. The van der Waals surface area contributed by atoms with Crippen LogP contribution in [0.25, 0.3) is 0 Å². The molecule has 2 unspecified atom stereocenters. The summed E-state index contributed by atoms with van der Waals surface area (Å²) in [5.74, 6) is 0. The number of carbonyl (C=O) groups is 1. The average Bonchev–Trinajstić information content (AvgIpc) is 2.28. The van der Waals surface area contributed by atoms with Gasteiger partial charge in [0.2, 0.25) is 0 Å². The van der Waals surface area contributed by atoms with E-state index in [0.717, 1.165) is 18.3 Å². The molecule has 1 heterocycles. The van der Waals surface area contributed by atoms with E-state index < -0.39 is 11.4 Å². The minimum Gasteiger partial charge on any atom is -0.597 e. The van der Waals surface area contributed by atoms with Crippen molar-refractivity contribution >= 4 is 17.6 Å². The first-order chi connectivity index (χ1) is 8.45. The second kappa shape index (κ2) is 5.03. The van der Waals surface area contributed by atoms with Crippen molar-refractivity contribution in [3.8, 4) is 0 Å². The molecule has 0 N–H and O–H groups in total. The van der Waals surface area contributed by atoms with Gasteiger partial charge in [-0.05, 0) is 32.8 Å². The van der Waals surface area contributed by atoms with Gasteiger partial charge >= 0.3 is 0 Å². The molecule has 1 aromatic carbocycles. The molecule has 2 rings (SSSR count). The maximum Gasteiger partial charge on any atom is 0.141 e. The van der Waals surface area contributed by atoms with Crippen molar-refractivity contribution < 1.29 is 9.35 Å². The van der Waals surface area contributed by atoms with E-state index in [4.69, 9.17) is 0 Å². The normalized spacial score (nSPS) is 26.4. The van der Waals surface area contributed by atoms with Crippen LogP contribution in [-0.4, -0.2) is 25.9 Å². The number of nitrogens with zero attached hydrogens (tertiary/aromatic N) is 1. The van der Waals surface area contributed by atoms with E-state index in [1.165, 1.54) is 0 Å². The van der Waals surface area contributed by atoms with Crippen molar-refractivity contribution in [1.82, 2.24) is 4.31 Å². The fourth-order valence-electron chi connectivity index (χ4n) is 2.16. The molecule has 4 heteroatoms. The summed E-state index contributed by atoms with van der Waals surface area (Å²) >= 11 is -1.15. The number of carbonyl (C=O) groups excluding carboxylic acids is 1. The van der Waals surface area contributed by atoms with E-state index in [2.05, 4.69) is 0 Å². The standard InChI is InChI=1S/C14H19NO2S/c1-14(2,3)18(17)15-12(10-16)9-13(15)11-7-5-4-6-8-11/h4-8,10,12-13H,9H2,1-3H3/t12?,13-,18?/m0/s1. The van der Waals surface area contributed by atoms with Crippen LogP contribution in [0.1, 0.15) is 38.8 Å². The van der Waals surface area contributed by atoms with Crippen molar-refractivity contribution in [3.05, 3.63) is 35.9 Å². The molecule has 1 fully saturated rings. The van der Waals surface area contributed by atoms with E-state index in [-0.39, 0.29) is 16.8 Å². The molecular weight excluding hydrogens is 246 g/mol. The zero-order valence-electron chi connectivity index (χ0n) is 11.0. The van der Waals surface area contributed by atoms with Crippen molar-refractivity contribution in [1.29, 1.82) is 0 Å². The highest BCUT2D eigenvalue weighted by Crippen LogP contribution is 2.43. The topological polar surface area (TPSA) is 43.4 Å². The van der Waals surface area contributed by atoms with Crippen LogP contribution < -0.4 is 0 Å². The first-order valence-electron chi connectivity index (χ1n) is 6.15. The minimum atomic E-state index is -1.15. The number of benzene rings is 1. The van der Waals surface area contributed by atoms with E-state index >= 15 is 0 Å². The summed E-state index contributed by atoms with van der Waals surface area (Å²) in [7, 11) is 0. The molecule has 0 spiro atoms. The van der Waals surface area contributed by atoms with Crippen molar-refractivity contribution in [2.24, 2.45) is 0 Å². The third-order valence-electron chi connectivity index (χ3n) is 3.16. The number of hydrogen-bond donors (Lipinski definition) is 0. The van der Waals surface area contributed by atoms with E-state index in [1.807, 2.05) is 55.4 Å². The number of hydrogen-bond acceptors (Lipinski definition) is 3. The van der Waals surface area contributed by atoms with Crippen LogP contribution in [-0.2, 0) is 16.2 Å². The summed E-state index contributed by atoms with van der Waals surface area (Å²) in [6.07, 6.45) is 1.67. The zero-order chi connectivity index (χ0) is 13.3. The molecule has 3 atom stereocenters.